The van der Waals surface area contributed by atoms with Gasteiger partial charge in [0.1, 0.15) is 5.82 Å². The Balaban J connectivity index is 1.93. The van der Waals surface area contributed by atoms with E-state index in [0.29, 0.717) is 0 Å². The summed E-state index contributed by atoms with van der Waals surface area (Å²) in [5, 5.41) is 5.72. The Morgan fingerprint density at radius 1 is 1.27 bits per heavy atom. The van der Waals surface area contributed by atoms with E-state index in [2.05, 4.69) is 15.3 Å². The predicted molar refractivity (Wildman–Crippen MR) is 60.8 cm³/mol. The van der Waals surface area contributed by atoms with Gasteiger partial charge in [0.25, 0.3) is 0 Å². The minimum absolute atomic E-state index is 0.865. The molecular formula is C12H13N3. The smallest absolute Gasteiger partial charge is 0.133 e. The van der Waals surface area contributed by atoms with Crippen LogP contribution >= 0.6 is 0 Å². The summed E-state index contributed by atoms with van der Waals surface area (Å²) >= 11 is 0. The molecule has 0 saturated heterocycles. The molecule has 0 bridgehead atoms. The van der Waals surface area contributed by atoms with Crippen LogP contribution in [-0.2, 0) is 0 Å². The maximum absolute atomic E-state index is 4.37. The van der Waals surface area contributed by atoms with Gasteiger partial charge in [-0.25, -0.2) is 4.98 Å². The Labute approximate surface area is 88.6 Å². The lowest BCUT2D eigenvalue weighted by Crippen LogP contribution is -2.05. The molecule has 1 fully saturated rings. The highest BCUT2D eigenvalue weighted by Gasteiger charge is 2.20. The van der Waals surface area contributed by atoms with Gasteiger partial charge in [-0.15, -0.1) is 0 Å². The molecule has 3 heteroatoms. The summed E-state index contributed by atoms with van der Waals surface area (Å²) in [6, 6.07) is 4.00. The van der Waals surface area contributed by atoms with Crippen LogP contribution in [0.1, 0.15) is 12.8 Å². The van der Waals surface area contributed by atoms with Crippen molar-refractivity contribution >= 4 is 16.6 Å². The van der Waals surface area contributed by atoms with Gasteiger partial charge in [0.2, 0.25) is 0 Å². The Morgan fingerprint density at radius 3 is 3.07 bits per heavy atom. The molecule has 1 saturated carbocycles. The van der Waals surface area contributed by atoms with Crippen LogP contribution in [0.2, 0.25) is 0 Å². The van der Waals surface area contributed by atoms with Gasteiger partial charge in [-0.2, -0.15) is 0 Å². The lowest BCUT2D eigenvalue weighted by Gasteiger charge is -2.07. The molecule has 1 aliphatic carbocycles. The molecule has 3 nitrogen and oxygen atoms in total. The van der Waals surface area contributed by atoms with Gasteiger partial charge in [0.05, 0.1) is 0 Å². The molecule has 76 valence electrons. The summed E-state index contributed by atoms with van der Waals surface area (Å²) in [6.07, 6.45) is 8.24. The second-order valence-electron chi connectivity index (χ2n) is 4.08. The molecular weight excluding hydrogens is 186 g/mol. The number of hydrogen-bond donors (Lipinski definition) is 1. The highest BCUT2D eigenvalue weighted by molar-refractivity contribution is 5.90. The van der Waals surface area contributed by atoms with Crippen molar-refractivity contribution in [1.82, 2.24) is 9.97 Å². The van der Waals surface area contributed by atoms with E-state index in [1.165, 1.54) is 12.8 Å². The first-order chi connectivity index (χ1) is 7.43. The Morgan fingerprint density at radius 2 is 2.20 bits per heavy atom. The highest BCUT2D eigenvalue weighted by Crippen LogP contribution is 2.29. The van der Waals surface area contributed by atoms with Crippen LogP contribution in [0.25, 0.3) is 10.8 Å². The van der Waals surface area contributed by atoms with E-state index in [1.807, 2.05) is 30.7 Å². The van der Waals surface area contributed by atoms with E-state index in [4.69, 9.17) is 0 Å². The van der Waals surface area contributed by atoms with E-state index in [0.717, 1.165) is 29.1 Å². The molecule has 15 heavy (non-hydrogen) atoms. The molecule has 2 aromatic heterocycles. The van der Waals surface area contributed by atoms with Gasteiger partial charge < -0.3 is 5.32 Å². The summed E-state index contributed by atoms with van der Waals surface area (Å²) in [5.41, 5.74) is 0. The summed E-state index contributed by atoms with van der Waals surface area (Å²) in [6.45, 7) is 1.05. The number of aromatic nitrogens is 2. The lowest BCUT2D eigenvalue weighted by molar-refractivity contribution is 0.885. The normalized spacial score (nSPS) is 15.5. The zero-order chi connectivity index (χ0) is 10.1. The standard InChI is InChI=1S/C12H13N3/c1-2-9(1)7-15-12-11-4-5-13-8-10(11)3-6-14-12/h3-6,8-9H,1-2,7H2,(H,14,15). The molecule has 0 unspecified atom stereocenters. The van der Waals surface area contributed by atoms with Crippen molar-refractivity contribution in [3.05, 3.63) is 30.7 Å². The van der Waals surface area contributed by atoms with E-state index in [-0.39, 0.29) is 0 Å². The zero-order valence-electron chi connectivity index (χ0n) is 8.48. The Kier molecular flexibility index (Phi) is 2.02. The lowest BCUT2D eigenvalue weighted by atomic mass is 10.2. The number of pyridine rings is 2. The first-order valence-corrected chi connectivity index (χ1v) is 5.36. The average molecular weight is 199 g/mol. The van der Waals surface area contributed by atoms with Crippen molar-refractivity contribution in [3.63, 3.8) is 0 Å². The van der Waals surface area contributed by atoms with Crippen molar-refractivity contribution in [2.45, 2.75) is 12.8 Å². The predicted octanol–water partition coefficient (Wildman–Crippen LogP) is 2.45. The van der Waals surface area contributed by atoms with Gasteiger partial charge in [-0.05, 0) is 30.9 Å². The van der Waals surface area contributed by atoms with Crippen LogP contribution in [0, 0.1) is 5.92 Å². The monoisotopic (exact) mass is 199 g/mol. The van der Waals surface area contributed by atoms with Gasteiger partial charge in [0, 0.05) is 35.9 Å². The van der Waals surface area contributed by atoms with Crippen LogP contribution < -0.4 is 5.32 Å². The summed E-state index contributed by atoms with van der Waals surface area (Å²) in [5.74, 6) is 1.85. The molecule has 0 aliphatic heterocycles. The van der Waals surface area contributed by atoms with Gasteiger partial charge in [-0.1, -0.05) is 0 Å². The molecule has 0 spiro atoms. The van der Waals surface area contributed by atoms with Crippen LogP contribution in [0.3, 0.4) is 0 Å². The van der Waals surface area contributed by atoms with Crippen molar-refractivity contribution in [2.75, 3.05) is 11.9 Å². The van der Waals surface area contributed by atoms with Crippen LogP contribution in [0.15, 0.2) is 30.7 Å². The van der Waals surface area contributed by atoms with Gasteiger partial charge in [-0.3, -0.25) is 4.98 Å². The maximum atomic E-state index is 4.37. The summed E-state index contributed by atoms with van der Waals surface area (Å²) < 4.78 is 0. The first-order valence-electron chi connectivity index (χ1n) is 5.36. The van der Waals surface area contributed by atoms with Gasteiger partial charge in [0.15, 0.2) is 0 Å². The van der Waals surface area contributed by atoms with E-state index in [1.54, 1.807) is 0 Å². The van der Waals surface area contributed by atoms with Crippen molar-refractivity contribution in [3.8, 4) is 0 Å². The van der Waals surface area contributed by atoms with Crippen LogP contribution in [-0.4, -0.2) is 16.5 Å². The molecule has 2 aromatic rings. The molecule has 0 amide bonds. The van der Waals surface area contributed by atoms with Crippen LogP contribution in [0.5, 0.6) is 0 Å². The molecule has 1 N–H and O–H groups in total. The number of anilines is 1. The average Bonchev–Trinajstić information content (AvgIpc) is 3.10. The molecule has 0 radical (unpaired) electrons. The number of fused-ring (bicyclic) bond motifs is 1. The topological polar surface area (TPSA) is 37.8 Å². The molecule has 0 aromatic carbocycles. The third-order valence-electron chi connectivity index (χ3n) is 2.82. The number of rotatable bonds is 3. The fourth-order valence-electron chi connectivity index (χ4n) is 1.72. The quantitative estimate of drug-likeness (QED) is 0.825. The third kappa shape index (κ3) is 1.77. The fourth-order valence-corrected chi connectivity index (χ4v) is 1.72. The van der Waals surface area contributed by atoms with Crippen molar-refractivity contribution in [1.29, 1.82) is 0 Å². The second kappa shape index (κ2) is 3.50. The van der Waals surface area contributed by atoms with Crippen molar-refractivity contribution in [2.24, 2.45) is 5.92 Å². The fraction of sp³-hybridized carbons (Fsp3) is 0.333. The molecule has 2 heterocycles. The number of nitrogens with one attached hydrogen (secondary N) is 1. The van der Waals surface area contributed by atoms with Gasteiger partial charge >= 0.3 is 0 Å². The summed E-state index contributed by atoms with van der Waals surface area (Å²) in [7, 11) is 0. The van der Waals surface area contributed by atoms with E-state index >= 15 is 0 Å². The van der Waals surface area contributed by atoms with E-state index in [9.17, 15) is 0 Å². The second-order valence-corrected chi connectivity index (χ2v) is 4.08. The molecule has 0 atom stereocenters. The summed E-state index contributed by atoms with van der Waals surface area (Å²) in [4.78, 5) is 8.47. The zero-order valence-corrected chi connectivity index (χ0v) is 8.48. The van der Waals surface area contributed by atoms with E-state index < -0.39 is 0 Å². The molecule has 1 aliphatic rings. The maximum Gasteiger partial charge on any atom is 0.133 e. The minimum Gasteiger partial charge on any atom is -0.369 e. The van der Waals surface area contributed by atoms with Crippen LogP contribution in [0.4, 0.5) is 5.82 Å². The largest absolute Gasteiger partial charge is 0.369 e. The first kappa shape index (κ1) is 8.65. The molecule has 3 rings (SSSR count). The number of hydrogen-bond acceptors (Lipinski definition) is 3. The third-order valence-corrected chi connectivity index (χ3v) is 2.82. The number of nitrogens with zero attached hydrogens (tertiary/aromatic N) is 2. The van der Waals surface area contributed by atoms with Crippen molar-refractivity contribution < 1.29 is 0 Å². The highest BCUT2D eigenvalue weighted by atomic mass is 15.0. The Bertz CT molecular complexity index is 472. The Hall–Kier alpha value is -1.64. The minimum atomic E-state index is 0.865. The SMILES string of the molecule is c1cc2c(NCC3CC3)nccc2cn1.